The summed E-state index contributed by atoms with van der Waals surface area (Å²) in [4.78, 5) is 37.5. The Labute approximate surface area is 170 Å². The number of halogens is 1. The molecule has 0 spiro atoms. The molecule has 0 atom stereocenters. The van der Waals surface area contributed by atoms with Crippen LogP contribution in [0.25, 0.3) is 6.08 Å². The van der Waals surface area contributed by atoms with Crippen LogP contribution in [0.2, 0.25) is 0 Å². The number of methoxy groups -OCH3 is 1. The zero-order valence-corrected chi connectivity index (χ0v) is 17.8. The van der Waals surface area contributed by atoms with E-state index >= 15 is 0 Å². The van der Waals surface area contributed by atoms with E-state index in [9.17, 15) is 14.4 Å². The van der Waals surface area contributed by atoms with Crippen LogP contribution in [0.15, 0.2) is 21.5 Å². The lowest BCUT2D eigenvalue weighted by Crippen LogP contribution is -2.35. The lowest BCUT2D eigenvalue weighted by Gasteiger charge is -2.13. The van der Waals surface area contributed by atoms with Crippen molar-refractivity contribution in [2.45, 2.75) is 26.9 Å². The highest BCUT2D eigenvalue weighted by atomic mass is 79.9. The minimum Gasteiger partial charge on any atom is -0.493 e. The minimum absolute atomic E-state index is 0.212. The van der Waals surface area contributed by atoms with E-state index in [0.717, 1.165) is 16.7 Å². The van der Waals surface area contributed by atoms with Crippen molar-refractivity contribution < 1.29 is 28.6 Å². The molecule has 0 saturated carbocycles. The second-order valence-electron chi connectivity index (χ2n) is 5.76. The maximum Gasteiger partial charge on any atom is 0.326 e. The highest BCUT2D eigenvalue weighted by molar-refractivity contribution is 9.10. The molecule has 1 saturated heterocycles. The summed E-state index contributed by atoms with van der Waals surface area (Å²) in [6, 6.07) is 3.44. The standard InChI is InChI=1S/C18H20BrNO6S/c1-5-25-14-8-12(19)11(6-13(14)24-4)7-15-17(22)20(18(23)27-15)9-16(21)26-10(2)3/h6-8,10H,5,9H2,1-4H3/b15-7+. The van der Waals surface area contributed by atoms with E-state index in [2.05, 4.69) is 15.9 Å². The third kappa shape index (κ3) is 5.26. The average Bonchev–Trinajstić information content (AvgIpc) is 2.84. The molecule has 0 bridgehead atoms. The van der Waals surface area contributed by atoms with Gasteiger partial charge in [-0.1, -0.05) is 15.9 Å². The lowest BCUT2D eigenvalue weighted by molar-refractivity contribution is -0.149. The summed E-state index contributed by atoms with van der Waals surface area (Å²) in [5.41, 5.74) is 0.644. The van der Waals surface area contributed by atoms with E-state index in [4.69, 9.17) is 14.2 Å². The predicted octanol–water partition coefficient (Wildman–Crippen LogP) is 3.84. The molecule has 0 N–H and O–H groups in total. The Balaban J connectivity index is 2.26. The van der Waals surface area contributed by atoms with Crippen LogP contribution in [0.4, 0.5) is 4.79 Å². The molecule has 2 rings (SSSR count). The quantitative estimate of drug-likeness (QED) is 0.454. The monoisotopic (exact) mass is 457 g/mol. The highest BCUT2D eigenvalue weighted by Gasteiger charge is 2.37. The molecule has 2 amide bonds. The summed E-state index contributed by atoms with van der Waals surface area (Å²) < 4.78 is 16.5. The molecule has 1 aromatic rings. The minimum atomic E-state index is -0.627. The molecule has 1 fully saturated rings. The number of rotatable bonds is 7. The molecule has 1 aromatic carbocycles. The average molecular weight is 458 g/mol. The van der Waals surface area contributed by atoms with Crippen LogP contribution in [-0.2, 0) is 14.3 Å². The first-order valence-electron chi connectivity index (χ1n) is 8.22. The second-order valence-corrected chi connectivity index (χ2v) is 7.61. The molecule has 146 valence electrons. The number of amides is 2. The van der Waals surface area contributed by atoms with Crippen molar-refractivity contribution in [3.63, 3.8) is 0 Å². The summed E-state index contributed by atoms with van der Waals surface area (Å²) in [6.07, 6.45) is 1.25. The van der Waals surface area contributed by atoms with Gasteiger partial charge in [-0.15, -0.1) is 0 Å². The number of hydrogen-bond donors (Lipinski definition) is 0. The zero-order valence-electron chi connectivity index (χ0n) is 15.4. The van der Waals surface area contributed by atoms with E-state index in [1.807, 2.05) is 6.92 Å². The van der Waals surface area contributed by atoms with E-state index < -0.39 is 23.7 Å². The van der Waals surface area contributed by atoms with Gasteiger partial charge >= 0.3 is 5.97 Å². The van der Waals surface area contributed by atoms with Gasteiger partial charge in [0.2, 0.25) is 0 Å². The number of hydrogen-bond acceptors (Lipinski definition) is 7. The van der Waals surface area contributed by atoms with Crippen LogP contribution in [0, 0.1) is 0 Å². The van der Waals surface area contributed by atoms with Crippen LogP contribution < -0.4 is 9.47 Å². The number of carbonyl (C=O) groups excluding carboxylic acids is 3. The molecule has 7 nitrogen and oxygen atoms in total. The van der Waals surface area contributed by atoms with E-state index in [1.54, 1.807) is 32.1 Å². The number of carbonyl (C=O) groups is 3. The predicted molar refractivity (Wildman–Crippen MR) is 106 cm³/mol. The van der Waals surface area contributed by atoms with Crippen LogP contribution in [0.1, 0.15) is 26.3 Å². The third-order valence-corrected chi connectivity index (χ3v) is 4.99. The Morgan fingerprint density at radius 2 is 2.00 bits per heavy atom. The summed E-state index contributed by atoms with van der Waals surface area (Å²) in [7, 11) is 1.52. The first kappa shape index (κ1) is 21.3. The fraction of sp³-hybridized carbons (Fsp3) is 0.389. The van der Waals surface area contributed by atoms with Crippen molar-refractivity contribution >= 4 is 50.9 Å². The Bertz CT molecular complexity index is 792. The fourth-order valence-electron chi connectivity index (χ4n) is 2.30. The largest absolute Gasteiger partial charge is 0.493 e. The summed E-state index contributed by atoms with van der Waals surface area (Å²) in [5, 5.41) is -0.513. The van der Waals surface area contributed by atoms with E-state index in [1.165, 1.54) is 7.11 Å². The molecular formula is C18H20BrNO6S. The number of benzene rings is 1. The van der Waals surface area contributed by atoms with E-state index in [0.29, 0.717) is 28.1 Å². The highest BCUT2D eigenvalue weighted by Crippen LogP contribution is 2.38. The van der Waals surface area contributed by atoms with Gasteiger partial charge in [-0.25, -0.2) is 0 Å². The van der Waals surface area contributed by atoms with Gasteiger partial charge in [-0.3, -0.25) is 19.3 Å². The number of esters is 1. The Hall–Kier alpha value is -2.00. The molecule has 1 aliphatic rings. The van der Waals surface area contributed by atoms with Gasteiger partial charge in [0.1, 0.15) is 6.54 Å². The van der Waals surface area contributed by atoms with E-state index in [-0.39, 0.29) is 11.0 Å². The Kier molecular flexibility index (Phi) is 7.32. The van der Waals surface area contributed by atoms with Crippen LogP contribution in [0.3, 0.4) is 0 Å². The summed E-state index contributed by atoms with van der Waals surface area (Å²) >= 11 is 4.20. The Morgan fingerprint density at radius 1 is 1.30 bits per heavy atom. The maximum absolute atomic E-state index is 12.5. The van der Waals surface area contributed by atoms with Gasteiger partial charge in [-0.05, 0) is 56.3 Å². The van der Waals surface area contributed by atoms with Crippen molar-refractivity contribution in [1.82, 2.24) is 4.90 Å². The first-order valence-corrected chi connectivity index (χ1v) is 9.82. The lowest BCUT2D eigenvalue weighted by atomic mass is 10.2. The normalized spacial score (nSPS) is 15.6. The molecule has 9 heteroatoms. The van der Waals surface area contributed by atoms with Crippen molar-refractivity contribution in [1.29, 1.82) is 0 Å². The summed E-state index contributed by atoms with van der Waals surface area (Å²) in [5.74, 6) is -0.0949. The molecule has 1 heterocycles. The molecule has 0 aliphatic carbocycles. The molecule has 0 unspecified atom stereocenters. The van der Waals surface area contributed by atoms with Crippen molar-refractivity contribution in [2.24, 2.45) is 0 Å². The number of ether oxygens (including phenoxy) is 3. The van der Waals surface area contributed by atoms with Gasteiger partial charge in [-0.2, -0.15) is 0 Å². The number of imide groups is 1. The number of nitrogens with zero attached hydrogens (tertiary/aromatic N) is 1. The van der Waals surface area contributed by atoms with Crippen LogP contribution >= 0.6 is 27.7 Å². The van der Waals surface area contributed by atoms with Crippen molar-refractivity contribution in [2.75, 3.05) is 20.3 Å². The summed E-state index contributed by atoms with van der Waals surface area (Å²) in [6.45, 7) is 5.33. The van der Waals surface area contributed by atoms with Gasteiger partial charge in [0.05, 0.1) is 24.7 Å². The molecule has 0 aromatic heterocycles. The zero-order chi connectivity index (χ0) is 20.1. The maximum atomic E-state index is 12.5. The Morgan fingerprint density at radius 3 is 2.59 bits per heavy atom. The van der Waals surface area contributed by atoms with Crippen LogP contribution in [0.5, 0.6) is 11.5 Å². The van der Waals surface area contributed by atoms with Crippen molar-refractivity contribution in [3.8, 4) is 11.5 Å². The SMILES string of the molecule is CCOc1cc(Br)c(/C=C2/SC(=O)N(CC(=O)OC(C)C)C2=O)cc1OC. The molecule has 1 aliphatic heterocycles. The van der Waals surface area contributed by atoms with Gasteiger partial charge in [0, 0.05) is 4.47 Å². The fourth-order valence-corrected chi connectivity index (χ4v) is 3.56. The third-order valence-electron chi connectivity index (χ3n) is 3.40. The van der Waals surface area contributed by atoms with Gasteiger partial charge in [0.25, 0.3) is 11.1 Å². The van der Waals surface area contributed by atoms with Gasteiger partial charge in [0.15, 0.2) is 11.5 Å². The topological polar surface area (TPSA) is 82.1 Å². The number of thioether (sulfide) groups is 1. The van der Waals surface area contributed by atoms with Gasteiger partial charge < -0.3 is 14.2 Å². The van der Waals surface area contributed by atoms with Crippen LogP contribution in [-0.4, -0.2) is 48.4 Å². The molecular weight excluding hydrogens is 438 g/mol. The molecule has 0 radical (unpaired) electrons. The second kappa shape index (κ2) is 9.27. The first-order chi connectivity index (χ1) is 12.8. The smallest absolute Gasteiger partial charge is 0.326 e. The molecule has 27 heavy (non-hydrogen) atoms. The van der Waals surface area contributed by atoms with Crippen molar-refractivity contribution in [3.05, 3.63) is 27.1 Å².